The lowest BCUT2D eigenvalue weighted by Gasteiger charge is -2.26. The van der Waals surface area contributed by atoms with E-state index < -0.39 is 0 Å². The lowest BCUT2D eigenvalue weighted by Crippen LogP contribution is -2.33. The van der Waals surface area contributed by atoms with Gasteiger partial charge in [-0.15, -0.1) is 0 Å². The van der Waals surface area contributed by atoms with E-state index in [4.69, 9.17) is 5.84 Å². The van der Waals surface area contributed by atoms with Crippen molar-refractivity contribution in [1.29, 1.82) is 0 Å². The summed E-state index contributed by atoms with van der Waals surface area (Å²) >= 11 is 0. The van der Waals surface area contributed by atoms with Gasteiger partial charge in [0.2, 0.25) is 0 Å². The standard InChI is InChI=1S/C14H24N2/c1-6-10(3)14(16-15)13-11(4)7-9(2)8-12(13)5/h7-8,10,14,16H,6,15H2,1-5H3. The van der Waals surface area contributed by atoms with Crippen LogP contribution < -0.4 is 11.3 Å². The Morgan fingerprint density at radius 3 is 2.06 bits per heavy atom. The highest BCUT2D eigenvalue weighted by Crippen LogP contribution is 2.29. The smallest absolute Gasteiger partial charge is 0.0490 e. The van der Waals surface area contributed by atoms with Gasteiger partial charge in [0, 0.05) is 6.04 Å². The van der Waals surface area contributed by atoms with Crippen LogP contribution in [0.4, 0.5) is 0 Å². The maximum Gasteiger partial charge on any atom is 0.0490 e. The fourth-order valence-electron chi connectivity index (χ4n) is 2.45. The summed E-state index contributed by atoms with van der Waals surface area (Å²) in [4.78, 5) is 0. The van der Waals surface area contributed by atoms with Gasteiger partial charge in [-0.3, -0.25) is 11.3 Å². The largest absolute Gasteiger partial charge is 0.271 e. The number of aryl methyl sites for hydroxylation is 3. The van der Waals surface area contributed by atoms with Crippen LogP contribution in [0, 0.1) is 26.7 Å². The third kappa shape index (κ3) is 2.63. The Kier molecular flexibility index (Phi) is 4.51. The number of rotatable bonds is 4. The highest BCUT2D eigenvalue weighted by molar-refractivity contribution is 5.39. The molecule has 0 aliphatic rings. The molecule has 0 fully saturated rings. The zero-order valence-corrected chi connectivity index (χ0v) is 11.1. The minimum absolute atomic E-state index is 0.255. The van der Waals surface area contributed by atoms with Crippen molar-refractivity contribution in [2.75, 3.05) is 0 Å². The van der Waals surface area contributed by atoms with E-state index in [1.165, 1.54) is 22.3 Å². The Morgan fingerprint density at radius 1 is 1.19 bits per heavy atom. The molecule has 0 saturated carbocycles. The molecule has 1 aromatic rings. The monoisotopic (exact) mass is 220 g/mol. The number of hydrogen-bond donors (Lipinski definition) is 2. The van der Waals surface area contributed by atoms with E-state index in [0.717, 1.165) is 6.42 Å². The molecule has 2 unspecified atom stereocenters. The third-order valence-electron chi connectivity index (χ3n) is 3.44. The lowest BCUT2D eigenvalue weighted by molar-refractivity contribution is 0.380. The van der Waals surface area contributed by atoms with Crippen LogP contribution in [0.3, 0.4) is 0 Å². The normalized spacial score (nSPS) is 14.9. The number of nitrogens with two attached hydrogens (primary N) is 1. The maximum atomic E-state index is 5.71. The Hall–Kier alpha value is -0.860. The molecule has 90 valence electrons. The van der Waals surface area contributed by atoms with E-state index in [0.29, 0.717) is 5.92 Å². The Bertz CT molecular complexity index is 335. The summed E-state index contributed by atoms with van der Waals surface area (Å²) in [6.45, 7) is 10.9. The molecule has 2 nitrogen and oxygen atoms in total. The summed E-state index contributed by atoms with van der Waals surface area (Å²) in [7, 11) is 0. The topological polar surface area (TPSA) is 38.0 Å². The van der Waals surface area contributed by atoms with E-state index in [2.05, 4.69) is 52.2 Å². The highest BCUT2D eigenvalue weighted by atomic mass is 15.2. The molecule has 1 rings (SSSR count). The Labute approximate surface area is 99.2 Å². The zero-order chi connectivity index (χ0) is 12.3. The van der Waals surface area contributed by atoms with E-state index in [1.54, 1.807) is 0 Å². The number of hydrazine groups is 1. The van der Waals surface area contributed by atoms with Gasteiger partial charge in [0.05, 0.1) is 0 Å². The molecule has 0 bridgehead atoms. The van der Waals surface area contributed by atoms with Crippen molar-refractivity contribution in [2.24, 2.45) is 11.8 Å². The summed E-state index contributed by atoms with van der Waals surface area (Å²) < 4.78 is 0. The predicted octanol–water partition coefficient (Wildman–Crippen LogP) is 3.16. The molecule has 0 amide bonds. The minimum Gasteiger partial charge on any atom is -0.271 e. The van der Waals surface area contributed by atoms with Gasteiger partial charge in [0.25, 0.3) is 0 Å². The predicted molar refractivity (Wildman–Crippen MR) is 70.2 cm³/mol. The van der Waals surface area contributed by atoms with Crippen LogP contribution in [0.5, 0.6) is 0 Å². The van der Waals surface area contributed by atoms with Crippen molar-refractivity contribution in [1.82, 2.24) is 5.43 Å². The second kappa shape index (κ2) is 5.46. The molecule has 1 aromatic carbocycles. The van der Waals surface area contributed by atoms with Crippen molar-refractivity contribution in [3.63, 3.8) is 0 Å². The van der Waals surface area contributed by atoms with Crippen LogP contribution in [0.25, 0.3) is 0 Å². The van der Waals surface area contributed by atoms with Gasteiger partial charge in [0.1, 0.15) is 0 Å². The van der Waals surface area contributed by atoms with Gasteiger partial charge >= 0.3 is 0 Å². The van der Waals surface area contributed by atoms with Crippen LogP contribution in [0.15, 0.2) is 12.1 Å². The fraction of sp³-hybridized carbons (Fsp3) is 0.571. The average Bonchev–Trinajstić information content (AvgIpc) is 2.22. The first-order valence-corrected chi connectivity index (χ1v) is 6.05. The third-order valence-corrected chi connectivity index (χ3v) is 3.44. The Balaban J connectivity index is 3.19. The van der Waals surface area contributed by atoms with E-state index in [1.807, 2.05) is 0 Å². The molecule has 0 aliphatic heterocycles. The second-order valence-electron chi connectivity index (χ2n) is 4.84. The summed E-state index contributed by atoms with van der Waals surface area (Å²) in [6, 6.07) is 4.72. The molecule has 0 radical (unpaired) electrons. The maximum absolute atomic E-state index is 5.71. The zero-order valence-electron chi connectivity index (χ0n) is 11.1. The fourth-order valence-corrected chi connectivity index (χ4v) is 2.45. The van der Waals surface area contributed by atoms with E-state index in [9.17, 15) is 0 Å². The van der Waals surface area contributed by atoms with Gasteiger partial charge in [-0.25, -0.2) is 0 Å². The molecule has 0 saturated heterocycles. The lowest BCUT2D eigenvalue weighted by atomic mass is 9.86. The first-order chi connectivity index (χ1) is 7.51. The minimum atomic E-state index is 0.255. The highest BCUT2D eigenvalue weighted by Gasteiger charge is 2.20. The van der Waals surface area contributed by atoms with Crippen molar-refractivity contribution >= 4 is 0 Å². The number of nitrogens with one attached hydrogen (secondary N) is 1. The SMILES string of the molecule is CCC(C)C(NN)c1c(C)cc(C)cc1C. The quantitative estimate of drug-likeness (QED) is 0.604. The van der Waals surface area contributed by atoms with Crippen LogP contribution >= 0.6 is 0 Å². The first kappa shape index (κ1) is 13.2. The summed E-state index contributed by atoms with van der Waals surface area (Å²) in [5.74, 6) is 6.25. The first-order valence-electron chi connectivity index (χ1n) is 6.05. The van der Waals surface area contributed by atoms with Crippen molar-refractivity contribution < 1.29 is 0 Å². The molecule has 0 aliphatic carbocycles. The molecular weight excluding hydrogens is 196 g/mol. The second-order valence-corrected chi connectivity index (χ2v) is 4.84. The summed E-state index contributed by atoms with van der Waals surface area (Å²) in [5.41, 5.74) is 8.32. The molecule has 2 atom stereocenters. The molecule has 16 heavy (non-hydrogen) atoms. The van der Waals surface area contributed by atoms with Crippen LogP contribution in [0.2, 0.25) is 0 Å². The number of hydrogen-bond acceptors (Lipinski definition) is 2. The average molecular weight is 220 g/mol. The van der Waals surface area contributed by atoms with Gasteiger partial charge < -0.3 is 0 Å². The molecule has 0 spiro atoms. The van der Waals surface area contributed by atoms with Crippen LogP contribution in [-0.2, 0) is 0 Å². The van der Waals surface area contributed by atoms with E-state index in [-0.39, 0.29) is 6.04 Å². The van der Waals surface area contributed by atoms with Crippen molar-refractivity contribution in [3.05, 3.63) is 34.4 Å². The molecule has 0 heterocycles. The van der Waals surface area contributed by atoms with E-state index >= 15 is 0 Å². The summed E-state index contributed by atoms with van der Waals surface area (Å²) in [5, 5.41) is 0. The Morgan fingerprint density at radius 2 is 1.69 bits per heavy atom. The van der Waals surface area contributed by atoms with Crippen LogP contribution in [-0.4, -0.2) is 0 Å². The molecule has 3 N–H and O–H groups in total. The van der Waals surface area contributed by atoms with Gasteiger partial charge in [-0.2, -0.15) is 0 Å². The molecular formula is C14H24N2. The molecule has 0 aromatic heterocycles. The van der Waals surface area contributed by atoms with Gasteiger partial charge in [-0.1, -0.05) is 38.0 Å². The summed E-state index contributed by atoms with van der Waals surface area (Å²) in [6.07, 6.45) is 1.13. The van der Waals surface area contributed by atoms with Crippen molar-refractivity contribution in [2.45, 2.75) is 47.1 Å². The number of benzene rings is 1. The van der Waals surface area contributed by atoms with Gasteiger partial charge in [-0.05, 0) is 43.4 Å². The van der Waals surface area contributed by atoms with Crippen LogP contribution in [0.1, 0.15) is 48.6 Å². The van der Waals surface area contributed by atoms with Gasteiger partial charge in [0.15, 0.2) is 0 Å². The van der Waals surface area contributed by atoms with Crippen molar-refractivity contribution in [3.8, 4) is 0 Å². The molecule has 2 heteroatoms.